The summed E-state index contributed by atoms with van der Waals surface area (Å²) in [4.78, 5) is 11.8. The first-order chi connectivity index (χ1) is 7.43. The van der Waals surface area contributed by atoms with Gasteiger partial charge in [0.05, 0.1) is 17.7 Å². The Morgan fingerprint density at radius 3 is 2.56 bits per heavy atom. The maximum Gasteiger partial charge on any atom is 0.227 e. The summed E-state index contributed by atoms with van der Waals surface area (Å²) >= 11 is 0. The van der Waals surface area contributed by atoms with Gasteiger partial charge in [0, 0.05) is 12.1 Å². The van der Waals surface area contributed by atoms with Crippen molar-refractivity contribution in [1.29, 1.82) is 0 Å². The van der Waals surface area contributed by atoms with Gasteiger partial charge in [0.15, 0.2) is 0 Å². The van der Waals surface area contributed by atoms with Crippen LogP contribution in [0.3, 0.4) is 0 Å². The fourth-order valence-electron chi connectivity index (χ4n) is 1.64. The molecule has 1 rings (SSSR count). The fraction of sp³-hybridized carbons (Fsp3) is 0.636. The molecule has 0 aliphatic heterocycles. The van der Waals surface area contributed by atoms with Crippen molar-refractivity contribution in [2.45, 2.75) is 39.7 Å². The second kappa shape index (κ2) is 5.12. The summed E-state index contributed by atoms with van der Waals surface area (Å²) < 4.78 is 5.01. The number of aromatic nitrogens is 1. The van der Waals surface area contributed by atoms with Crippen LogP contribution in [-0.4, -0.2) is 28.8 Å². The Morgan fingerprint density at radius 1 is 1.50 bits per heavy atom. The predicted molar refractivity (Wildman–Crippen MR) is 59.1 cm³/mol. The van der Waals surface area contributed by atoms with Crippen LogP contribution < -0.4 is 5.32 Å². The van der Waals surface area contributed by atoms with E-state index in [1.165, 1.54) is 0 Å². The maximum absolute atomic E-state index is 11.8. The van der Waals surface area contributed by atoms with E-state index in [4.69, 9.17) is 9.63 Å². The lowest BCUT2D eigenvalue weighted by Gasteiger charge is -2.12. The molecule has 0 aliphatic rings. The van der Waals surface area contributed by atoms with Crippen LogP contribution in [0.25, 0.3) is 0 Å². The Balaban J connectivity index is 2.71. The zero-order valence-corrected chi connectivity index (χ0v) is 10.1. The topological polar surface area (TPSA) is 75.4 Å². The monoisotopic (exact) mass is 226 g/mol. The smallest absolute Gasteiger partial charge is 0.227 e. The molecule has 5 nitrogen and oxygen atoms in total. The summed E-state index contributed by atoms with van der Waals surface area (Å²) in [5, 5.41) is 15.6. The average Bonchev–Trinajstić information content (AvgIpc) is 2.54. The summed E-state index contributed by atoms with van der Waals surface area (Å²) in [6.07, 6.45) is -0.541. The highest BCUT2D eigenvalue weighted by atomic mass is 16.5. The molecule has 2 unspecified atom stereocenters. The lowest BCUT2D eigenvalue weighted by atomic mass is 9.99. The Bertz CT molecular complexity index is 352. The summed E-state index contributed by atoms with van der Waals surface area (Å²) in [6, 6.07) is 0. The molecule has 0 fully saturated rings. The molecule has 0 saturated heterocycles. The second-order valence-electron chi connectivity index (χ2n) is 4.05. The second-order valence-corrected chi connectivity index (χ2v) is 4.05. The molecule has 0 spiro atoms. The summed E-state index contributed by atoms with van der Waals surface area (Å²) in [5.74, 6) is 0.220. The summed E-state index contributed by atoms with van der Waals surface area (Å²) in [6.45, 7) is 7.27. The number of rotatable bonds is 4. The molecule has 1 amide bonds. The van der Waals surface area contributed by atoms with Gasteiger partial charge in [-0.3, -0.25) is 4.79 Å². The van der Waals surface area contributed by atoms with Crippen LogP contribution in [0.5, 0.6) is 0 Å². The zero-order valence-electron chi connectivity index (χ0n) is 10.1. The Hall–Kier alpha value is -1.36. The summed E-state index contributed by atoms with van der Waals surface area (Å²) in [5.41, 5.74) is 1.56. The number of hydrogen-bond donors (Lipinski definition) is 2. The number of carbonyl (C=O) groups excluding carboxylic acids is 1. The molecule has 0 aromatic carbocycles. The Kier molecular flexibility index (Phi) is 4.06. The van der Waals surface area contributed by atoms with E-state index in [1.54, 1.807) is 20.8 Å². The number of nitrogens with one attached hydrogen (secondary N) is 1. The molecule has 0 bridgehead atoms. The molecule has 0 saturated carbocycles. The zero-order chi connectivity index (χ0) is 12.3. The van der Waals surface area contributed by atoms with Gasteiger partial charge < -0.3 is 14.9 Å². The molecule has 16 heavy (non-hydrogen) atoms. The van der Waals surface area contributed by atoms with E-state index in [0.29, 0.717) is 5.76 Å². The van der Waals surface area contributed by atoms with E-state index in [-0.39, 0.29) is 18.4 Å². The predicted octanol–water partition coefficient (Wildman–Crippen LogP) is 0.892. The van der Waals surface area contributed by atoms with Crippen molar-refractivity contribution in [3.05, 3.63) is 17.0 Å². The van der Waals surface area contributed by atoms with Gasteiger partial charge in [0.1, 0.15) is 5.76 Å². The van der Waals surface area contributed by atoms with E-state index in [2.05, 4.69) is 10.5 Å². The highest BCUT2D eigenvalue weighted by Crippen LogP contribution is 2.22. The third kappa shape index (κ3) is 2.82. The standard InChI is InChI=1S/C11H18N2O3/c1-6(14)5-12-11(15)7(2)10-8(3)13-16-9(10)4/h6-7,14H,5H2,1-4H3,(H,12,15). The molecule has 1 heterocycles. The van der Waals surface area contributed by atoms with Gasteiger partial charge >= 0.3 is 0 Å². The maximum atomic E-state index is 11.8. The summed E-state index contributed by atoms with van der Waals surface area (Å²) in [7, 11) is 0. The van der Waals surface area contributed by atoms with E-state index >= 15 is 0 Å². The van der Waals surface area contributed by atoms with Crippen LogP contribution in [0.1, 0.15) is 36.8 Å². The van der Waals surface area contributed by atoms with Crippen molar-refractivity contribution in [1.82, 2.24) is 10.5 Å². The molecule has 0 radical (unpaired) electrons. The van der Waals surface area contributed by atoms with Crippen LogP contribution in [0.2, 0.25) is 0 Å². The average molecular weight is 226 g/mol. The number of aliphatic hydroxyl groups is 1. The van der Waals surface area contributed by atoms with Crippen LogP contribution in [0.15, 0.2) is 4.52 Å². The first-order valence-corrected chi connectivity index (χ1v) is 5.32. The molecular weight excluding hydrogens is 208 g/mol. The van der Waals surface area contributed by atoms with Gasteiger partial charge in [-0.05, 0) is 27.7 Å². The molecule has 2 N–H and O–H groups in total. The van der Waals surface area contributed by atoms with Crippen molar-refractivity contribution in [3.63, 3.8) is 0 Å². The number of amides is 1. The molecule has 90 valence electrons. The van der Waals surface area contributed by atoms with Crippen molar-refractivity contribution in [2.75, 3.05) is 6.54 Å². The number of carbonyl (C=O) groups is 1. The van der Waals surface area contributed by atoms with Crippen molar-refractivity contribution in [3.8, 4) is 0 Å². The Morgan fingerprint density at radius 2 is 2.12 bits per heavy atom. The van der Waals surface area contributed by atoms with Gasteiger partial charge in [-0.25, -0.2) is 0 Å². The highest BCUT2D eigenvalue weighted by Gasteiger charge is 2.22. The third-order valence-corrected chi connectivity index (χ3v) is 2.49. The van der Waals surface area contributed by atoms with Crippen molar-refractivity contribution >= 4 is 5.91 Å². The lowest BCUT2D eigenvalue weighted by Crippen LogP contribution is -2.33. The van der Waals surface area contributed by atoms with Crippen LogP contribution in [0.4, 0.5) is 0 Å². The third-order valence-electron chi connectivity index (χ3n) is 2.49. The van der Waals surface area contributed by atoms with E-state index < -0.39 is 6.10 Å². The van der Waals surface area contributed by atoms with Gasteiger partial charge in [-0.15, -0.1) is 0 Å². The molecular formula is C11H18N2O3. The van der Waals surface area contributed by atoms with Gasteiger partial charge in [0.25, 0.3) is 0 Å². The quantitative estimate of drug-likeness (QED) is 0.799. The van der Waals surface area contributed by atoms with Crippen LogP contribution in [-0.2, 0) is 4.79 Å². The van der Waals surface area contributed by atoms with E-state index in [9.17, 15) is 4.79 Å². The molecule has 2 atom stereocenters. The van der Waals surface area contributed by atoms with Gasteiger partial charge in [0.2, 0.25) is 5.91 Å². The minimum absolute atomic E-state index is 0.129. The van der Waals surface area contributed by atoms with E-state index in [0.717, 1.165) is 11.3 Å². The minimum Gasteiger partial charge on any atom is -0.392 e. The number of aliphatic hydroxyl groups excluding tert-OH is 1. The van der Waals surface area contributed by atoms with Gasteiger partial charge in [-0.1, -0.05) is 5.16 Å². The number of hydrogen-bond acceptors (Lipinski definition) is 4. The SMILES string of the molecule is Cc1noc(C)c1C(C)C(=O)NCC(C)O. The fourth-order valence-corrected chi connectivity index (χ4v) is 1.64. The number of aryl methyl sites for hydroxylation is 2. The first-order valence-electron chi connectivity index (χ1n) is 5.32. The molecule has 1 aromatic rings. The largest absolute Gasteiger partial charge is 0.392 e. The lowest BCUT2D eigenvalue weighted by molar-refractivity contribution is -0.122. The molecule has 0 aliphatic carbocycles. The normalized spacial score (nSPS) is 14.6. The Labute approximate surface area is 94.8 Å². The van der Waals surface area contributed by atoms with Crippen molar-refractivity contribution in [2.24, 2.45) is 0 Å². The van der Waals surface area contributed by atoms with Crippen LogP contribution in [0, 0.1) is 13.8 Å². The molecule has 1 aromatic heterocycles. The first kappa shape index (κ1) is 12.7. The minimum atomic E-state index is -0.541. The van der Waals surface area contributed by atoms with E-state index in [1.807, 2.05) is 6.92 Å². The number of nitrogens with zero attached hydrogens (tertiary/aromatic N) is 1. The van der Waals surface area contributed by atoms with Crippen molar-refractivity contribution < 1.29 is 14.4 Å². The highest BCUT2D eigenvalue weighted by molar-refractivity contribution is 5.83. The molecule has 5 heteroatoms. The van der Waals surface area contributed by atoms with Gasteiger partial charge in [-0.2, -0.15) is 0 Å². The van der Waals surface area contributed by atoms with Crippen LogP contribution >= 0.6 is 0 Å².